The van der Waals surface area contributed by atoms with Crippen LogP contribution in [0.15, 0.2) is 48.0 Å². The van der Waals surface area contributed by atoms with Gasteiger partial charge in [-0.15, -0.1) is 0 Å². The Morgan fingerprint density at radius 2 is 1.96 bits per heavy atom. The Labute approximate surface area is 150 Å². The Hall–Kier alpha value is -3.87. The van der Waals surface area contributed by atoms with E-state index in [9.17, 15) is 33.2 Å². The number of rotatable bonds is 4. The zero-order valence-electron chi connectivity index (χ0n) is 13.3. The van der Waals surface area contributed by atoms with Gasteiger partial charge in [-0.05, 0) is 30.3 Å². The number of hydrogen-bond acceptors (Lipinski definition) is 5. The van der Waals surface area contributed by atoms with Gasteiger partial charge in [0.2, 0.25) is 0 Å². The Balaban J connectivity index is 2.32. The predicted molar refractivity (Wildman–Crippen MR) is 88.4 cm³/mol. The molecule has 1 amide bonds. The lowest BCUT2D eigenvalue weighted by molar-refractivity contribution is -0.384. The van der Waals surface area contributed by atoms with Gasteiger partial charge in [-0.1, -0.05) is 6.07 Å². The summed E-state index contributed by atoms with van der Waals surface area (Å²) in [5.74, 6) is -1.46. The summed E-state index contributed by atoms with van der Waals surface area (Å²) in [6, 6.07) is 8.33. The van der Waals surface area contributed by atoms with Crippen LogP contribution in [0, 0.1) is 21.4 Å². The summed E-state index contributed by atoms with van der Waals surface area (Å²) in [5.41, 5.74) is -2.30. The summed E-state index contributed by atoms with van der Waals surface area (Å²) < 4.78 is 38.1. The molecule has 0 spiro atoms. The number of nitrogens with one attached hydrogen (secondary N) is 1. The molecule has 2 aromatic rings. The first kappa shape index (κ1) is 19.5. The molecule has 7 nitrogen and oxygen atoms in total. The quantitative estimate of drug-likeness (QED) is 0.363. The van der Waals surface area contributed by atoms with Gasteiger partial charge in [0.1, 0.15) is 17.4 Å². The average Bonchev–Trinajstić information content (AvgIpc) is 2.60. The number of aromatic hydroxyl groups is 1. The van der Waals surface area contributed by atoms with E-state index in [4.69, 9.17) is 5.26 Å². The van der Waals surface area contributed by atoms with Gasteiger partial charge < -0.3 is 10.4 Å². The first-order valence-corrected chi connectivity index (χ1v) is 7.19. The van der Waals surface area contributed by atoms with Gasteiger partial charge in [0.25, 0.3) is 11.6 Å². The molecule has 10 heteroatoms. The highest BCUT2D eigenvalue weighted by molar-refractivity contribution is 6.09. The molecule has 27 heavy (non-hydrogen) atoms. The van der Waals surface area contributed by atoms with Crippen LogP contribution in [0.3, 0.4) is 0 Å². The fourth-order valence-electron chi connectivity index (χ4n) is 2.05. The molecule has 0 unspecified atom stereocenters. The van der Waals surface area contributed by atoms with Gasteiger partial charge in [-0.3, -0.25) is 14.9 Å². The molecule has 0 aliphatic carbocycles. The van der Waals surface area contributed by atoms with E-state index in [2.05, 4.69) is 5.32 Å². The molecule has 0 radical (unpaired) electrons. The zero-order chi connectivity index (χ0) is 20.2. The lowest BCUT2D eigenvalue weighted by Gasteiger charge is -2.09. The highest BCUT2D eigenvalue weighted by Gasteiger charge is 2.30. The number of alkyl halides is 3. The molecule has 2 N–H and O–H groups in total. The minimum atomic E-state index is -4.61. The van der Waals surface area contributed by atoms with E-state index < -0.39 is 33.9 Å². The van der Waals surface area contributed by atoms with Crippen molar-refractivity contribution >= 4 is 23.4 Å². The number of amides is 1. The molecular formula is C17H10F3N3O4. The number of halogens is 3. The lowest BCUT2D eigenvalue weighted by Crippen LogP contribution is -2.14. The third kappa shape index (κ3) is 4.82. The first-order valence-electron chi connectivity index (χ1n) is 7.19. The fourth-order valence-corrected chi connectivity index (χ4v) is 2.05. The number of nitro groups is 1. The molecule has 0 bridgehead atoms. The fraction of sp³-hybridized carbons (Fsp3) is 0.0588. The molecule has 0 heterocycles. The van der Waals surface area contributed by atoms with Crippen LogP contribution in [0.5, 0.6) is 5.75 Å². The lowest BCUT2D eigenvalue weighted by atomic mass is 10.1. The molecule has 0 fully saturated rings. The van der Waals surface area contributed by atoms with Gasteiger partial charge >= 0.3 is 6.18 Å². The molecule has 2 aromatic carbocycles. The number of nitriles is 1. The molecule has 0 saturated heterocycles. The number of benzene rings is 2. The van der Waals surface area contributed by atoms with Crippen LogP contribution in [0.1, 0.15) is 11.1 Å². The SMILES string of the molecule is N#C/C(=C/c1cc([N+](=O)[O-])ccc1O)C(=O)Nc1cccc(C(F)(F)F)c1. The van der Waals surface area contributed by atoms with Crippen molar-refractivity contribution in [2.45, 2.75) is 6.18 Å². The number of non-ortho nitro benzene ring substituents is 1. The summed E-state index contributed by atoms with van der Waals surface area (Å²) in [6.07, 6.45) is -3.71. The summed E-state index contributed by atoms with van der Waals surface area (Å²) in [4.78, 5) is 22.2. The van der Waals surface area contributed by atoms with E-state index in [0.717, 1.165) is 36.4 Å². The number of carbonyl (C=O) groups excluding carboxylic acids is 1. The average molecular weight is 377 g/mol. The second-order valence-electron chi connectivity index (χ2n) is 5.20. The maximum Gasteiger partial charge on any atom is 0.416 e. The van der Waals surface area contributed by atoms with Gasteiger partial charge in [0.15, 0.2) is 0 Å². The van der Waals surface area contributed by atoms with Crippen LogP contribution < -0.4 is 5.32 Å². The molecule has 138 valence electrons. The maximum absolute atomic E-state index is 12.7. The Bertz CT molecular complexity index is 978. The minimum absolute atomic E-state index is 0.167. The highest BCUT2D eigenvalue weighted by Crippen LogP contribution is 2.31. The standard InChI is InChI=1S/C17H10F3N3O4/c18-17(19,20)12-2-1-3-13(8-12)22-16(25)11(9-21)6-10-7-14(23(26)27)4-5-15(10)24/h1-8,24H,(H,22,25)/b11-6-. The molecule has 0 atom stereocenters. The maximum atomic E-state index is 12.7. The molecule has 0 saturated carbocycles. The van der Waals surface area contributed by atoms with Crippen molar-refractivity contribution in [1.82, 2.24) is 0 Å². The molecule has 0 aliphatic rings. The van der Waals surface area contributed by atoms with E-state index in [1.165, 1.54) is 12.1 Å². The normalized spacial score (nSPS) is 11.6. The molecule has 0 aromatic heterocycles. The first-order chi connectivity index (χ1) is 12.6. The highest BCUT2D eigenvalue weighted by atomic mass is 19.4. The summed E-state index contributed by atoms with van der Waals surface area (Å²) in [6.45, 7) is 0. The minimum Gasteiger partial charge on any atom is -0.507 e. The number of phenolic OH excluding ortho intramolecular Hbond substituents is 1. The van der Waals surface area contributed by atoms with Gasteiger partial charge in [-0.25, -0.2) is 0 Å². The third-order valence-corrected chi connectivity index (χ3v) is 3.33. The Morgan fingerprint density at radius 1 is 1.26 bits per heavy atom. The number of carbonyl (C=O) groups is 1. The van der Waals surface area contributed by atoms with Crippen molar-refractivity contribution in [2.75, 3.05) is 5.32 Å². The van der Waals surface area contributed by atoms with Crippen molar-refractivity contribution < 1.29 is 28.0 Å². The second kappa shape index (κ2) is 7.57. The van der Waals surface area contributed by atoms with Crippen LogP contribution in [-0.4, -0.2) is 15.9 Å². The van der Waals surface area contributed by atoms with E-state index in [-0.39, 0.29) is 16.9 Å². The van der Waals surface area contributed by atoms with Crippen molar-refractivity contribution in [3.63, 3.8) is 0 Å². The second-order valence-corrected chi connectivity index (χ2v) is 5.20. The van der Waals surface area contributed by atoms with Crippen molar-refractivity contribution in [2.24, 2.45) is 0 Å². The largest absolute Gasteiger partial charge is 0.507 e. The predicted octanol–water partition coefficient (Wildman–Crippen LogP) is 3.86. The summed E-state index contributed by atoms with van der Waals surface area (Å²) >= 11 is 0. The monoisotopic (exact) mass is 377 g/mol. The molecular weight excluding hydrogens is 367 g/mol. The van der Waals surface area contributed by atoms with E-state index in [1.807, 2.05) is 0 Å². The van der Waals surface area contributed by atoms with Gasteiger partial charge in [0, 0.05) is 23.4 Å². The topological polar surface area (TPSA) is 116 Å². The number of nitro benzene ring substituents is 1. The van der Waals surface area contributed by atoms with Crippen molar-refractivity contribution in [3.05, 3.63) is 69.3 Å². The number of anilines is 1. The van der Waals surface area contributed by atoms with Crippen molar-refractivity contribution in [3.8, 4) is 11.8 Å². The van der Waals surface area contributed by atoms with Gasteiger partial charge in [-0.2, -0.15) is 18.4 Å². The number of nitrogens with zero attached hydrogens (tertiary/aromatic N) is 2. The third-order valence-electron chi connectivity index (χ3n) is 3.33. The number of phenols is 1. The molecule has 0 aliphatic heterocycles. The number of hydrogen-bond donors (Lipinski definition) is 2. The Morgan fingerprint density at radius 3 is 2.56 bits per heavy atom. The van der Waals surface area contributed by atoms with E-state index in [1.54, 1.807) is 0 Å². The van der Waals surface area contributed by atoms with Crippen LogP contribution in [0.25, 0.3) is 6.08 Å². The summed E-state index contributed by atoms with van der Waals surface area (Å²) in [7, 11) is 0. The van der Waals surface area contributed by atoms with Crippen LogP contribution in [-0.2, 0) is 11.0 Å². The van der Waals surface area contributed by atoms with Crippen LogP contribution >= 0.6 is 0 Å². The van der Waals surface area contributed by atoms with Gasteiger partial charge in [0.05, 0.1) is 10.5 Å². The van der Waals surface area contributed by atoms with Crippen LogP contribution in [0.4, 0.5) is 24.5 Å². The molecule has 2 rings (SSSR count). The Kier molecular flexibility index (Phi) is 5.45. The van der Waals surface area contributed by atoms with Crippen molar-refractivity contribution in [1.29, 1.82) is 5.26 Å². The smallest absolute Gasteiger partial charge is 0.416 e. The van der Waals surface area contributed by atoms with E-state index in [0.29, 0.717) is 6.07 Å². The summed E-state index contributed by atoms with van der Waals surface area (Å²) in [5, 5.41) is 31.8. The zero-order valence-corrected chi connectivity index (χ0v) is 13.3. The van der Waals surface area contributed by atoms with Crippen LogP contribution in [0.2, 0.25) is 0 Å². The van der Waals surface area contributed by atoms with E-state index >= 15 is 0 Å².